The van der Waals surface area contributed by atoms with Gasteiger partial charge in [-0.3, -0.25) is 19.3 Å². The number of rotatable bonds is 2. The number of carbonyl (C=O) groups excluding carboxylic acids is 2. The maximum Gasteiger partial charge on any atom is 0.300 e. The predicted molar refractivity (Wildman–Crippen MR) is 99.9 cm³/mol. The SMILES string of the molecule is O=C1c2sc3nc(=O)c(-c4ccccc4)nn3c2C(=O)N1C1CCCCC1. The second-order valence-electron chi connectivity index (χ2n) is 6.88. The molecule has 1 fully saturated rings. The van der Waals surface area contributed by atoms with E-state index in [1.807, 2.05) is 18.2 Å². The van der Waals surface area contributed by atoms with Crippen LogP contribution in [-0.2, 0) is 0 Å². The third-order valence-electron chi connectivity index (χ3n) is 5.22. The summed E-state index contributed by atoms with van der Waals surface area (Å²) >= 11 is 1.06. The molecule has 5 rings (SSSR count). The van der Waals surface area contributed by atoms with Gasteiger partial charge in [0.25, 0.3) is 11.8 Å². The third kappa shape index (κ3) is 2.43. The zero-order valence-electron chi connectivity index (χ0n) is 14.4. The Morgan fingerprint density at radius 2 is 1.70 bits per heavy atom. The highest BCUT2D eigenvalue weighted by molar-refractivity contribution is 7.19. The van der Waals surface area contributed by atoms with E-state index in [0.29, 0.717) is 10.4 Å². The monoisotopic (exact) mass is 380 g/mol. The van der Waals surface area contributed by atoms with Crippen LogP contribution < -0.4 is 5.56 Å². The van der Waals surface area contributed by atoms with Crippen molar-refractivity contribution >= 4 is 28.1 Å². The molecule has 2 aromatic heterocycles. The summed E-state index contributed by atoms with van der Waals surface area (Å²) < 4.78 is 1.37. The summed E-state index contributed by atoms with van der Waals surface area (Å²) in [4.78, 5) is 44.4. The molecule has 3 heterocycles. The Morgan fingerprint density at radius 3 is 2.44 bits per heavy atom. The van der Waals surface area contributed by atoms with Crippen molar-refractivity contribution in [3.05, 3.63) is 51.3 Å². The summed E-state index contributed by atoms with van der Waals surface area (Å²) in [6.07, 6.45) is 4.90. The summed E-state index contributed by atoms with van der Waals surface area (Å²) in [6, 6.07) is 8.96. The number of fused-ring (bicyclic) bond motifs is 3. The standard InChI is InChI=1S/C19H16N4O3S/c24-16-13(11-7-3-1-4-8-11)21-23-14-15(27-19(23)20-16)18(26)22(17(14)25)12-9-5-2-6-10-12/h1,3-4,7-8,12H,2,5-6,9-10H2. The van der Waals surface area contributed by atoms with Crippen LogP contribution in [0, 0.1) is 0 Å². The van der Waals surface area contributed by atoms with Gasteiger partial charge in [-0.25, -0.2) is 0 Å². The van der Waals surface area contributed by atoms with Crippen LogP contribution in [0.25, 0.3) is 16.2 Å². The van der Waals surface area contributed by atoms with Gasteiger partial charge in [-0.05, 0) is 12.8 Å². The van der Waals surface area contributed by atoms with Crippen molar-refractivity contribution in [2.45, 2.75) is 38.1 Å². The van der Waals surface area contributed by atoms with E-state index in [0.717, 1.165) is 43.4 Å². The molecule has 0 saturated heterocycles. The van der Waals surface area contributed by atoms with E-state index in [2.05, 4.69) is 10.1 Å². The van der Waals surface area contributed by atoms with Crippen molar-refractivity contribution < 1.29 is 9.59 Å². The number of nitrogens with zero attached hydrogens (tertiary/aromatic N) is 4. The van der Waals surface area contributed by atoms with Crippen LogP contribution in [0.5, 0.6) is 0 Å². The molecule has 1 saturated carbocycles. The average Bonchev–Trinajstić information content (AvgIpc) is 3.17. The van der Waals surface area contributed by atoms with Gasteiger partial charge in [-0.2, -0.15) is 14.6 Å². The summed E-state index contributed by atoms with van der Waals surface area (Å²) in [5, 5.41) is 4.39. The van der Waals surface area contributed by atoms with Crippen molar-refractivity contribution in [3.63, 3.8) is 0 Å². The normalized spacial score (nSPS) is 17.7. The molecule has 0 N–H and O–H groups in total. The number of thiazole rings is 1. The van der Waals surface area contributed by atoms with Crippen LogP contribution >= 0.6 is 11.3 Å². The number of hydrogen-bond donors (Lipinski definition) is 0. The van der Waals surface area contributed by atoms with Crippen molar-refractivity contribution in [1.82, 2.24) is 19.5 Å². The lowest BCUT2D eigenvalue weighted by Crippen LogP contribution is -2.41. The lowest BCUT2D eigenvalue weighted by atomic mass is 9.94. The Labute approximate surface area is 158 Å². The topological polar surface area (TPSA) is 84.6 Å². The van der Waals surface area contributed by atoms with Crippen LogP contribution in [0.3, 0.4) is 0 Å². The van der Waals surface area contributed by atoms with E-state index in [1.165, 1.54) is 9.42 Å². The minimum atomic E-state index is -0.467. The molecule has 1 aromatic carbocycles. The number of imide groups is 1. The highest BCUT2D eigenvalue weighted by Gasteiger charge is 2.44. The molecule has 1 aliphatic heterocycles. The maximum absolute atomic E-state index is 13.1. The van der Waals surface area contributed by atoms with Crippen molar-refractivity contribution in [2.75, 3.05) is 0 Å². The Bertz CT molecular complexity index is 1130. The van der Waals surface area contributed by atoms with Crippen molar-refractivity contribution in [3.8, 4) is 11.3 Å². The fourth-order valence-electron chi connectivity index (χ4n) is 3.92. The van der Waals surface area contributed by atoms with Crippen LogP contribution in [0.15, 0.2) is 35.1 Å². The van der Waals surface area contributed by atoms with Gasteiger partial charge in [0.05, 0.1) is 0 Å². The van der Waals surface area contributed by atoms with E-state index in [-0.39, 0.29) is 34.2 Å². The second-order valence-corrected chi connectivity index (χ2v) is 7.86. The van der Waals surface area contributed by atoms with Crippen molar-refractivity contribution in [1.29, 1.82) is 0 Å². The van der Waals surface area contributed by atoms with Crippen LogP contribution in [-0.4, -0.2) is 37.4 Å². The quantitative estimate of drug-likeness (QED) is 0.638. The molecule has 0 radical (unpaired) electrons. The summed E-state index contributed by atoms with van der Waals surface area (Å²) in [7, 11) is 0. The van der Waals surface area contributed by atoms with Gasteiger partial charge in [0.2, 0.25) is 4.96 Å². The number of aromatic nitrogens is 3. The van der Waals surface area contributed by atoms with Gasteiger partial charge < -0.3 is 0 Å². The minimum absolute atomic E-state index is 0.0469. The van der Waals surface area contributed by atoms with E-state index < -0.39 is 5.56 Å². The number of carbonyl (C=O) groups is 2. The lowest BCUT2D eigenvalue weighted by molar-refractivity contribution is 0.0547. The zero-order valence-corrected chi connectivity index (χ0v) is 15.2. The zero-order chi connectivity index (χ0) is 18.5. The molecule has 0 spiro atoms. The van der Waals surface area contributed by atoms with E-state index in [1.54, 1.807) is 12.1 Å². The van der Waals surface area contributed by atoms with Gasteiger partial charge in [0.15, 0.2) is 11.4 Å². The molecule has 0 atom stereocenters. The van der Waals surface area contributed by atoms with Crippen LogP contribution in [0.4, 0.5) is 0 Å². The van der Waals surface area contributed by atoms with Gasteiger partial charge >= 0.3 is 5.56 Å². The first kappa shape index (κ1) is 16.3. The second kappa shape index (κ2) is 6.09. The first-order valence-electron chi connectivity index (χ1n) is 9.02. The van der Waals surface area contributed by atoms with Crippen molar-refractivity contribution in [2.24, 2.45) is 0 Å². The molecule has 136 valence electrons. The Kier molecular flexibility index (Phi) is 3.68. The van der Waals surface area contributed by atoms with E-state index >= 15 is 0 Å². The molecule has 1 aliphatic carbocycles. The van der Waals surface area contributed by atoms with Crippen LogP contribution in [0.2, 0.25) is 0 Å². The Hall–Kier alpha value is -2.87. The van der Waals surface area contributed by atoms with E-state index in [4.69, 9.17) is 0 Å². The van der Waals surface area contributed by atoms with E-state index in [9.17, 15) is 14.4 Å². The predicted octanol–water partition coefficient (Wildman–Crippen LogP) is 2.75. The third-order valence-corrected chi connectivity index (χ3v) is 6.24. The van der Waals surface area contributed by atoms with Gasteiger partial charge in [0, 0.05) is 11.6 Å². The smallest absolute Gasteiger partial charge is 0.269 e. The number of amides is 2. The largest absolute Gasteiger partial charge is 0.300 e. The molecule has 27 heavy (non-hydrogen) atoms. The lowest BCUT2D eigenvalue weighted by Gasteiger charge is -2.29. The first-order valence-corrected chi connectivity index (χ1v) is 9.84. The van der Waals surface area contributed by atoms with Gasteiger partial charge in [0.1, 0.15) is 4.88 Å². The summed E-state index contributed by atoms with van der Waals surface area (Å²) in [5.74, 6) is -0.613. The van der Waals surface area contributed by atoms with Gasteiger partial charge in [-0.15, -0.1) is 0 Å². The van der Waals surface area contributed by atoms with Crippen LogP contribution in [0.1, 0.15) is 52.3 Å². The number of benzene rings is 1. The molecule has 7 nitrogen and oxygen atoms in total. The average molecular weight is 380 g/mol. The molecule has 3 aromatic rings. The summed E-state index contributed by atoms with van der Waals surface area (Å²) in [5.41, 5.74) is 0.565. The first-order chi connectivity index (χ1) is 13.1. The molecular formula is C19H16N4O3S. The summed E-state index contributed by atoms with van der Waals surface area (Å²) in [6.45, 7) is 0. The van der Waals surface area contributed by atoms with Gasteiger partial charge in [-0.1, -0.05) is 60.9 Å². The molecule has 0 bridgehead atoms. The number of hydrogen-bond acceptors (Lipinski definition) is 6. The molecule has 0 unspecified atom stereocenters. The molecule has 8 heteroatoms. The minimum Gasteiger partial charge on any atom is -0.269 e. The fourth-order valence-corrected chi connectivity index (χ4v) is 4.90. The fraction of sp³-hybridized carbons (Fsp3) is 0.316. The maximum atomic E-state index is 13.1. The Morgan fingerprint density at radius 1 is 0.963 bits per heavy atom. The highest BCUT2D eigenvalue weighted by Crippen LogP contribution is 2.34. The Balaban J connectivity index is 1.65. The highest BCUT2D eigenvalue weighted by atomic mass is 32.1. The molecule has 2 aliphatic rings. The molecular weight excluding hydrogens is 364 g/mol. The molecule has 2 amide bonds.